The molecule has 2 N–H and O–H groups in total. The molecule has 2 unspecified atom stereocenters. The van der Waals surface area contributed by atoms with Gasteiger partial charge in [0.15, 0.2) is 0 Å². The van der Waals surface area contributed by atoms with Crippen LogP contribution in [-0.2, 0) is 9.47 Å². The average molecular weight is 435 g/mol. The van der Waals surface area contributed by atoms with Crippen molar-refractivity contribution < 1.29 is 29.2 Å². The second-order valence-electron chi connectivity index (χ2n) is 7.88. The Morgan fingerprint density at radius 1 is 0.774 bits per heavy atom. The number of ether oxygens (including phenoxy) is 4. The third-order valence-corrected chi connectivity index (χ3v) is 4.91. The van der Waals surface area contributed by atoms with E-state index in [9.17, 15) is 10.2 Å². The Morgan fingerprint density at radius 3 is 2.00 bits per heavy atom. The quantitative estimate of drug-likeness (QED) is 0.385. The van der Waals surface area contributed by atoms with E-state index < -0.39 is 12.2 Å². The Morgan fingerprint density at radius 2 is 1.39 bits per heavy atom. The zero-order valence-corrected chi connectivity index (χ0v) is 19.1. The van der Waals surface area contributed by atoms with Crippen molar-refractivity contribution in [2.75, 3.05) is 39.6 Å². The molecule has 0 fully saturated rings. The molecule has 0 heterocycles. The molecule has 0 amide bonds. The normalized spacial score (nSPS) is 13.3. The third-order valence-electron chi connectivity index (χ3n) is 4.91. The minimum atomic E-state index is -0.671. The van der Waals surface area contributed by atoms with Crippen molar-refractivity contribution in [1.29, 1.82) is 0 Å². The predicted octanol–water partition coefficient (Wildman–Crippen LogP) is 4.26. The van der Waals surface area contributed by atoms with Gasteiger partial charge in [-0.1, -0.05) is 38.8 Å². The van der Waals surface area contributed by atoms with Crippen molar-refractivity contribution in [2.24, 2.45) is 0 Å². The minimum Gasteiger partial charge on any atom is -0.491 e. The summed E-state index contributed by atoms with van der Waals surface area (Å²) in [6.45, 7) is 8.40. The fraction of sp³-hybridized carbons (Fsp3) is 0.600. The maximum absolute atomic E-state index is 10.1. The van der Waals surface area contributed by atoms with E-state index in [1.165, 1.54) is 0 Å². The average Bonchev–Trinajstić information content (AvgIpc) is 2.77. The van der Waals surface area contributed by atoms with Gasteiger partial charge in [0.25, 0.3) is 0 Å². The maximum Gasteiger partial charge on any atom is 0.130 e. The van der Waals surface area contributed by atoms with Crippen molar-refractivity contribution in [2.45, 2.75) is 58.7 Å². The molecule has 0 aliphatic rings. The molecule has 2 atom stereocenters. The summed E-state index contributed by atoms with van der Waals surface area (Å²) in [4.78, 5) is 0. The number of hydrogen-bond donors (Lipinski definition) is 2. The molecule has 2 rings (SSSR count). The van der Waals surface area contributed by atoms with Gasteiger partial charge in [-0.3, -0.25) is 0 Å². The van der Waals surface area contributed by atoms with Crippen molar-refractivity contribution in [3.05, 3.63) is 35.9 Å². The van der Waals surface area contributed by atoms with Gasteiger partial charge >= 0.3 is 0 Å². The van der Waals surface area contributed by atoms with Crippen LogP contribution in [0.4, 0.5) is 0 Å². The second-order valence-corrected chi connectivity index (χ2v) is 7.88. The summed E-state index contributed by atoms with van der Waals surface area (Å²) in [6, 6.07) is 9.74. The molecule has 2 aromatic rings. The SMILES string of the molecule is CCCCOCC(O)COc1ccc2c(OCC(O)COCCCC)c(C)ccc2c1. The molecule has 0 radical (unpaired) electrons. The fourth-order valence-electron chi connectivity index (χ4n) is 3.07. The van der Waals surface area contributed by atoms with Crippen LogP contribution in [0.1, 0.15) is 45.1 Å². The molecule has 0 aromatic heterocycles. The Labute approximate surface area is 186 Å². The van der Waals surface area contributed by atoms with E-state index in [1.54, 1.807) is 0 Å². The summed E-state index contributed by atoms with van der Waals surface area (Å²) in [6.07, 6.45) is 2.79. The highest BCUT2D eigenvalue weighted by molar-refractivity contribution is 5.90. The molecular formula is C25H38O6. The molecule has 174 valence electrons. The smallest absolute Gasteiger partial charge is 0.130 e. The summed E-state index contributed by atoms with van der Waals surface area (Å²) in [5, 5.41) is 22.1. The highest BCUT2D eigenvalue weighted by atomic mass is 16.5. The first-order valence-electron chi connectivity index (χ1n) is 11.4. The Kier molecular flexibility index (Phi) is 11.7. The number of unbranched alkanes of at least 4 members (excludes halogenated alkanes) is 2. The molecule has 6 nitrogen and oxygen atoms in total. The molecule has 0 spiro atoms. The lowest BCUT2D eigenvalue weighted by Gasteiger charge is -2.17. The zero-order chi connectivity index (χ0) is 22.5. The first-order valence-corrected chi connectivity index (χ1v) is 11.4. The van der Waals surface area contributed by atoms with E-state index in [2.05, 4.69) is 13.8 Å². The highest BCUT2D eigenvalue weighted by Crippen LogP contribution is 2.32. The summed E-state index contributed by atoms with van der Waals surface area (Å²) in [7, 11) is 0. The number of aliphatic hydroxyl groups is 2. The minimum absolute atomic E-state index is 0.175. The maximum atomic E-state index is 10.1. The summed E-state index contributed by atoms with van der Waals surface area (Å²) >= 11 is 0. The van der Waals surface area contributed by atoms with Gasteiger partial charge < -0.3 is 29.2 Å². The lowest BCUT2D eigenvalue weighted by atomic mass is 10.1. The standard InChI is InChI=1S/C25H38O6/c1-4-6-12-28-15-21(26)17-30-23-10-11-24-20(14-23)9-8-19(3)25(24)31-18-22(27)16-29-13-7-5-2/h8-11,14,21-22,26-27H,4-7,12-13,15-18H2,1-3H3. The van der Waals surface area contributed by atoms with E-state index in [-0.39, 0.29) is 26.4 Å². The Bertz CT molecular complexity index is 763. The summed E-state index contributed by atoms with van der Waals surface area (Å²) < 4.78 is 22.6. The van der Waals surface area contributed by atoms with Gasteiger partial charge in [0.05, 0.1) is 13.2 Å². The van der Waals surface area contributed by atoms with Crippen molar-refractivity contribution in [1.82, 2.24) is 0 Å². The van der Waals surface area contributed by atoms with Crippen LogP contribution >= 0.6 is 0 Å². The number of aryl methyl sites for hydroxylation is 1. The van der Waals surface area contributed by atoms with E-state index in [4.69, 9.17) is 18.9 Å². The number of fused-ring (bicyclic) bond motifs is 1. The van der Waals surface area contributed by atoms with Crippen LogP contribution in [-0.4, -0.2) is 62.1 Å². The van der Waals surface area contributed by atoms with Gasteiger partial charge in [0.1, 0.15) is 36.9 Å². The van der Waals surface area contributed by atoms with Gasteiger partial charge in [-0.15, -0.1) is 0 Å². The molecule has 31 heavy (non-hydrogen) atoms. The monoisotopic (exact) mass is 434 g/mol. The van der Waals surface area contributed by atoms with Crippen LogP contribution < -0.4 is 9.47 Å². The van der Waals surface area contributed by atoms with Crippen LogP contribution in [0, 0.1) is 6.92 Å². The number of benzene rings is 2. The van der Waals surface area contributed by atoms with E-state index in [1.807, 2.05) is 37.3 Å². The third kappa shape index (κ3) is 9.03. The van der Waals surface area contributed by atoms with Gasteiger partial charge in [-0.2, -0.15) is 0 Å². The Hall–Kier alpha value is -1.86. The number of hydrogen-bond acceptors (Lipinski definition) is 6. The molecular weight excluding hydrogens is 396 g/mol. The molecule has 0 saturated carbocycles. The molecule has 0 aliphatic heterocycles. The van der Waals surface area contributed by atoms with Gasteiger partial charge in [0.2, 0.25) is 0 Å². The largest absolute Gasteiger partial charge is 0.491 e. The zero-order valence-electron chi connectivity index (χ0n) is 19.1. The second kappa shape index (κ2) is 14.2. The predicted molar refractivity (Wildman–Crippen MR) is 123 cm³/mol. The van der Waals surface area contributed by atoms with Crippen LogP contribution in [0.15, 0.2) is 30.3 Å². The van der Waals surface area contributed by atoms with E-state index in [0.717, 1.165) is 47.8 Å². The first-order chi connectivity index (χ1) is 15.0. The molecule has 2 aromatic carbocycles. The molecule has 6 heteroatoms. The topological polar surface area (TPSA) is 77.4 Å². The van der Waals surface area contributed by atoms with Crippen molar-refractivity contribution in [3.63, 3.8) is 0 Å². The lowest BCUT2D eigenvalue weighted by molar-refractivity contribution is 0.0112. The van der Waals surface area contributed by atoms with Gasteiger partial charge in [0, 0.05) is 18.6 Å². The number of rotatable bonds is 16. The summed E-state index contributed by atoms with van der Waals surface area (Å²) in [5.74, 6) is 1.43. The Balaban J connectivity index is 1.91. The van der Waals surface area contributed by atoms with E-state index >= 15 is 0 Å². The molecule has 0 bridgehead atoms. The van der Waals surface area contributed by atoms with Crippen LogP contribution in [0.25, 0.3) is 10.8 Å². The fourth-order valence-corrected chi connectivity index (χ4v) is 3.07. The van der Waals surface area contributed by atoms with Crippen LogP contribution in [0.2, 0.25) is 0 Å². The summed E-state index contributed by atoms with van der Waals surface area (Å²) in [5.41, 5.74) is 1.000. The lowest BCUT2D eigenvalue weighted by Crippen LogP contribution is -2.24. The first kappa shape index (κ1) is 25.4. The highest BCUT2D eigenvalue weighted by Gasteiger charge is 2.12. The van der Waals surface area contributed by atoms with Gasteiger partial charge in [-0.05, 0) is 48.9 Å². The molecule has 0 saturated heterocycles. The number of aliphatic hydroxyl groups excluding tert-OH is 2. The van der Waals surface area contributed by atoms with Gasteiger partial charge in [-0.25, -0.2) is 0 Å². The molecule has 0 aliphatic carbocycles. The van der Waals surface area contributed by atoms with Crippen LogP contribution in [0.3, 0.4) is 0 Å². The van der Waals surface area contributed by atoms with E-state index in [0.29, 0.717) is 19.0 Å². The van der Waals surface area contributed by atoms with Crippen molar-refractivity contribution in [3.8, 4) is 11.5 Å². The van der Waals surface area contributed by atoms with Crippen molar-refractivity contribution >= 4 is 10.8 Å². The van der Waals surface area contributed by atoms with Crippen LogP contribution in [0.5, 0.6) is 11.5 Å².